The van der Waals surface area contributed by atoms with E-state index in [1.807, 2.05) is 13.8 Å². The molecule has 2 atom stereocenters. The number of carbonyl (C=O) groups is 2. The number of rotatable bonds is 5. The molecule has 2 unspecified atom stereocenters. The largest absolute Gasteiger partial charge is 0.433 e. The summed E-state index contributed by atoms with van der Waals surface area (Å²) in [5, 5.41) is 14.8. The lowest BCUT2D eigenvalue weighted by molar-refractivity contribution is -0.155. The summed E-state index contributed by atoms with van der Waals surface area (Å²) < 4.78 is 39.7. The molecular weight excluding hydrogens is 535 g/mol. The third-order valence-corrected chi connectivity index (χ3v) is 7.54. The minimum atomic E-state index is -4.72. The first-order valence-electron chi connectivity index (χ1n) is 12.4. The molecule has 39 heavy (non-hydrogen) atoms. The van der Waals surface area contributed by atoms with Gasteiger partial charge in [-0.3, -0.25) is 9.59 Å². The van der Waals surface area contributed by atoms with Crippen LogP contribution < -0.4 is 5.32 Å². The molecule has 0 aliphatic carbocycles. The van der Waals surface area contributed by atoms with Gasteiger partial charge in [0.05, 0.1) is 11.1 Å². The van der Waals surface area contributed by atoms with Crippen molar-refractivity contribution in [3.05, 3.63) is 64.7 Å². The number of halogens is 4. The van der Waals surface area contributed by atoms with Gasteiger partial charge in [0.25, 0.3) is 5.91 Å². The molecule has 208 valence electrons. The van der Waals surface area contributed by atoms with E-state index < -0.39 is 34.8 Å². The van der Waals surface area contributed by atoms with Crippen LogP contribution in [0.25, 0.3) is 11.0 Å². The van der Waals surface area contributed by atoms with Gasteiger partial charge in [0.2, 0.25) is 5.91 Å². The molecule has 0 spiro atoms. The predicted molar refractivity (Wildman–Crippen MR) is 139 cm³/mol. The number of likely N-dealkylation sites (tertiary alicyclic amines) is 1. The van der Waals surface area contributed by atoms with Gasteiger partial charge in [-0.15, -0.1) is 0 Å². The lowest BCUT2D eigenvalue weighted by Crippen LogP contribution is -2.60. The van der Waals surface area contributed by atoms with E-state index in [4.69, 9.17) is 11.6 Å². The van der Waals surface area contributed by atoms with E-state index in [1.165, 1.54) is 0 Å². The molecule has 1 aliphatic rings. The topological polar surface area (TPSA) is 108 Å². The van der Waals surface area contributed by atoms with E-state index in [2.05, 4.69) is 20.3 Å². The summed E-state index contributed by atoms with van der Waals surface area (Å²) in [5.74, 6) is -1.56. The van der Waals surface area contributed by atoms with Gasteiger partial charge in [0.1, 0.15) is 23.6 Å². The van der Waals surface area contributed by atoms with Crippen molar-refractivity contribution < 1.29 is 27.9 Å². The first-order chi connectivity index (χ1) is 18.1. The summed E-state index contributed by atoms with van der Waals surface area (Å²) in [6.07, 6.45) is -3.40. The minimum absolute atomic E-state index is 0.0647. The molecule has 0 saturated carbocycles. The molecule has 1 saturated heterocycles. The number of hydrogen-bond donors (Lipinski definition) is 2. The van der Waals surface area contributed by atoms with Crippen molar-refractivity contribution >= 4 is 34.4 Å². The van der Waals surface area contributed by atoms with Crippen LogP contribution in [-0.4, -0.2) is 55.9 Å². The fourth-order valence-corrected chi connectivity index (χ4v) is 5.08. The smallest absolute Gasteiger partial charge is 0.384 e. The van der Waals surface area contributed by atoms with Crippen molar-refractivity contribution in [2.24, 2.45) is 11.3 Å². The molecule has 12 heteroatoms. The first kappa shape index (κ1) is 28.7. The summed E-state index contributed by atoms with van der Waals surface area (Å²) in [6, 6.07) is 7.84. The molecule has 0 radical (unpaired) electrons. The molecule has 8 nitrogen and oxygen atoms in total. The number of pyridine rings is 1. The van der Waals surface area contributed by atoms with Gasteiger partial charge < -0.3 is 15.3 Å². The molecule has 1 fully saturated rings. The van der Waals surface area contributed by atoms with Crippen LogP contribution in [0.1, 0.15) is 55.9 Å². The molecule has 3 heterocycles. The highest BCUT2D eigenvalue weighted by Crippen LogP contribution is 2.46. The normalized spacial score (nSPS) is 20.2. The zero-order chi connectivity index (χ0) is 28.8. The molecule has 2 N–H and O–H groups in total. The van der Waals surface area contributed by atoms with E-state index >= 15 is 0 Å². The SMILES string of the molecule is CC(C)C(NC(=O)c1ncnc2ccc(C(F)(F)F)nc12)C(=O)N1CCC(O)(c2ccc(Cl)cc2)C(C)(C)C1. The molecule has 3 aromatic rings. The Labute approximate surface area is 228 Å². The van der Waals surface area contributed by atoms with Crippen molar-refractivity contribution in [1.29, 1.82) is 0 Å². The molecule has 2 aromatic heterocycles. The number of benzene rings is 1. The van der Waals surface area contributed by atoms with Gasteiger partial charge >= 0.3 is 6.18 Å². The Bertz CT molecular complexity index is 1400. The molecule has 4 rings (SSSR count). The maximum Gasteiger partial charge on any atom is 0.433 e. The third kappa shape index (κ3) is 5.56. The van der Waals surface area contributed by atoms with Crippen LogP contribution in [-0.2, 0) is 16.6 Å². The van der Waals surface area contributed by atoms with Crippen molar-refractivity contribution in [2.75, 3.05) is 13.1 Å². The number of aromatic nitrogens is 3. The highest BCUT2D eigenvalue weighted by atomic mass is 35.5. The van der Waals surface area contributed by atoms with Gasteiger partial charge in [0.15, 0.2) is 5.69 Å². The zero-order valence-corrected chi connectivity index (χ0v) is 22.6. The number of fused-ring (bicyclic) bond motifs is 1. The number of carbonyl (C=O) groups excluding carboxylic acids is 2. The summed E-state index contributed by atoms with van der Waals surface area (Å²) in [5.41, 5.74) is -3.06. The molecule has 2 amide bonds. The third-order valence-electron chi connectivity index (χ3n) is 7.29. The van der Waals surface area contributed by atoms with Gasteiger partial charge in [-0.1, -0.05) is 51.4 Å². The van der Waals surface area contributed by atoms with Crippen LogP contribution in [0.2, 0.25) is 5.02 Å². The van der Waals surface area contributed by atoms with Crippen molar-refractivity contribution in [1.82, 2.24) is 25.2 Å². The molecule has 1 aromatic carbocycles. The van der Waals surface area contributed by atoms with Crippen molar-refractivity contribution in [3.63, 3.8) is 0 Å². The number of amides is 2. The summed E-state index contributed by atoms with van der Waals surface area (Å²) in [4.78, 5) is 39.8. The Balaban J connectivity index is 1.57. The monoisotopic (exact) mass is 563 g/mol. The second-order valence-electron chi connectivity index (χ2n) is 10.7. The van der Waals surface area contributed by atoms with Crippen molar-refractivity contribution in [3.8, 4) is 0 Å². The number of hydrogen-bond acceptors (Lipinski definition) is 6. The average Bonchev–Trinajstić information content (AvgIpc) is 2.87. The Morgan fingerprint density at radius 1 is 1.10 bits per heavy atom. The van der Waals surface area contributed by atoms with Gasteiger partial charge in [-0.2, -0.15) is 13.2 Å². The quantitative estimate of drug-likeness (QED) is 0.470. The van der Waals surface area contributed by atoms with Crippen LogP contribution in [0.5, 0.6) is 0 Å². The maximum atomic E-state index is 13.7. The van der Waals surface area contributed by atoms with Crippen LogP contribution in [0.4, 0.5) is 13.2 Å². The fraction of sp³-hybridized carbons (Fsp3) is 0.444. The first-order valence-corrected chi connectivity index (χ1v) is 12.8. The maximum absolute atomic E-state index is 13.7. The highest BCUT2D eigenvalue weighted by molar-refractivity contribution is 6.30. The number of piperidine rings is 1. The van der Waals surface area contributed by atoms with E-state index in [0.29, 0.717) is 10.6 Å². The predicted octanol–water partition coefficient (Wildman–Crippen LogP) is 4.60. The number of alkyl halides is 3. The Morgan fingerprint density at radius 3 is 2.36 bits per heavy atom. The summed E-state index contributed by atoms with van der Waals surface area (Å²) in [7, 11) is 0. The second-order valence-corrected chi connectivity index (χ2v) is 11.2. The Kier molecular flexibility index (Phi) is 7.61. The van der Waals surface area contributed by atoms with E-state index in [9.17, 15) is 27.9 Å². The average molecular weight is 564 g/mol. The van der Waals surface area contributed by atoms with Crippen molar-refractivity contribution in [2.45, 2.75) is 51.9 Å². The zero-order valence-electron chi connectivity index (χ0n) is 21.9. The Hall–Kier alpha value is -3.31. The van der Waals surface area contributed by atoms with Gasteiger partial charge in [0, 0.05) is 23.5 Å². The number of nitrogens with one attached hydrogen (secondary N) is 1. The summed E-state index contributed by atoms with van der Waals surface area (Å²) >= 11 is 6.01. The number of nitrogens with zero attached hydrogens (tertiary/aromatic N) is 4. The molecule has 0 bridgehead atoms. The van der Waals surface area contributed by atoms with E-state index in [-0.39, 0.29) is 48.1 Å². The lowest BCUT2D eigenvalue weighted by atomic mass is 9.66. The Morgan fingerprint density at radius 2 is 1.77 bits per heavy atom. The number of aliphatic hydroxyl groups is 1. The minimum Gasteiger partial charge on any atom is -0.384 e. The van der Waals surface area contributed by atoms with E-state index in [0.717, 1.165) is 18.5 Å². The van der Waals surface area contributed by atoms with Crippen LogP contribution in [0.15, 0.2) is 42.7 Å². The highest BCUT2D eigenvalue weighted by Gasteiger charge is 2.50. The van der Waals surface area contributed by atoms with Crippen LogP contribution >= 0.6 is 11.6 Å². The fourth-order valence-electron chi connectivity index (χ4n) is 4.96. The van der Waals surface area contributed by atoms with Gasteiger partial charge in [-0.05, 0) is 42.2 Å². The van der Waals surface area contributed by atoms with Gasteiger partial charge in [-0.25, -0.2) is 15.0 Å². The van der Waals surface area contributed by atoms with E-state index in [1.54, 1.807) is 43.0 Å². The lowest BCUT2D eigenvalue weighted by Gasteiger charge is -2.51. The molecule has 1 aliphatic heterocycles. The second kappa shape index (κ2) is 10.3. The molecular formula is C27H29ClF3N5O3. The van der Waals surface area contributed by atoms with Crippen LogP contribution in [0.3, 0.4) is 0 Å². The standard InChI is InChI=1S/C27H29ClF3N5O3/c1-15(2)20(35-23(37)22-21-18(32-14-33-22)9-10-19(34-21)27(29,30)31)24(38)36-12-11-26(39,25(3,4)13-36)16-5-7-17(28)8-6-16/h5-10,14-15,20,39H,11-13H2,1-4H3,(H,35,37). The van der Waals surface area contributed by atoms with Crippen LogP contribution in [0, 0.1) is 11.3 Å². The summed E-state index contributed by atoms with van der Waals surface area (Å²) in [6.45, 7) is 7.66.